The number of aromatic nitrogens is 1. The van der Waals surface area contributed by atoms with Gasteiger partial charge in [0.25, 0.3) is 0 Å². The number of hydrogen-bond acceptors (Lipinski definition) is 3. The van der Waals surface area contributed by atoms with Crippen molar-refractivity contribution in [1.29, 1.82) is 0 Å². The summed E-state index contributed by atoms with van der Waals surface area (Å²) in [6.07, 6.45) is 3.20. The van der Waals surface area contributed by atoms with Gasteiger partial charge in [-0.1, -0.05) is 91.0 Å². The number of hydrogen-bond donors (Lipinski definition) is 1. The van der Waals surface area contributed by atoms with Gasteiger partial charge in [-0.15, -0.1) is 0 Å². The molecule has 1 aliphatic carbocycles. The Morgan fingerprint density at radius 2 is 1.41 bits per heavy atom. The molecule has 0 saturated carbocycles. The summed E-state index contributed by atoms with van der Waals surface area (Å²) >= 11 is 0. The second-order valence-electron chi connectivity index (χ2n) is 9.95. The van der Waals surface area contributed by atoms with Crippen LogP contribution in [0.1, 0.15) is 41.5 Å². The van der Waals surface area contributed by atoms with Gasteiger partial charge >= 0.3 is 0 Å². The van der Waals surface area contributed by atoms with Crippen molar-refractivity contribution in [2.24, 2.45) is 0 Å². The van der Waals surface area contributed by atoms with Crippen LogP contribution in [0.15, 0.2) is 121 Å². The maximum Gasteiger partial charge on any atom is 0.162 e. The molecule has 4 aromatic carbocycles. The third-order valence-corrected chi connectivity index (χ3v) is 7.81. The fourth-order valence-corrected chi connectivity index (χ4v) is 6.04. The van der Waals surface area contributed by atoms with E-state index in [1.165, 1.54) is 16.7 Å². The molecule has 178 valence electrons. The second-order valence-corrected chi connectivity index (χ2v) is 9.95. The Bertz CT molecular complexity index is 1650. The van der Waals surface area contributed by atoms with E-state index in [1.54, 1.807) is 0 Å². The zero-order chi connectivity index (χ0) is 24.8. The van der Waals surface area contributed by atoms with Crippen LogP contribution < -0.4 is 5.32 Å². The zero-order valence-corrected chi connectivity index (χ0v) is 20.4. The molecule has 3 heteroatoms. The number of Topliss-reactive ketones (excluding diaryl/α,β-unsaturated/α-hetero) is 1. The molecule has 0 amide bonds. The van der Waals surface area contributed by atoms with E-state index in [0.717, 1.165) is 45.3 Å². The number of anilines is 1. The van der Waals surface area contributed by atoms with E-state index in [0.29, 0.717) is 6.42 Å². The van der Waals surface area contributed by atoms with Crippen molar-refractivity contribution < 1.29 is 4.79 Å². The van der Waals surface area contributed by atoms with Gasteiger partial charge in [0.05, 0.1) is 11.6 Å². The quantitative estimate of drug-likeness (QED) is 0.286. The van der Waals surface area contributed by atoms with Crippen molar-refractivity contribution in [1.82, 2.24) is 4.98 Å². The third kappa shape index (κ3) is 3.75. The fraction of sp³-hybridized carbons (Fsp3) is 0.118. The van der Waals surface area contributed by atoms with Crippen LogP contribution in [0.4, 0.5) is 5.69 Å². The van der Waals surface area contributed by atoms with Gasteiger partial charge in [-0.2, -0.15) is 0 Å². The molecule has 2 heterocycles. The average Bonchev–Trinajstić information content (AvgIpc) is 2.97. The Morgan fingerprint density at radius 1 is 0.676 bits per heavy atom. The van der Waals surface area contributed by atoms with Gasteiger partial charge in [0, 0.05) is 34.8 Å². The Balaban J connectivity index is 1.38. The molecular formula is C34H26N2O. The molecule has 2 atom stereocenters. The molecule has 0 bridgehead atoms. The Hall–Kier alpha value is -4.50. The lowest BCUT2D eigenvalue weighted by Crippen LogP contribution is -2.29. The third-order valence-electron chi connectivity index (χ3n) is 7.81. The number of nitrogens with one attached hydrogen (secondary N) is 1. The van der Waals surface area contributed by atoms with Crippen LogP contribution >= 0.6 is 0 Å². The van der Waals surface area contributed by atoms with Crippen LogP contribution in [0.25, 0.3) is 27.6 Å². The number of fused-ring (bicyclic) bond motifs is 4. The molecule has 0 unspecified atom stereocenters. The van der Waals surface area contributed by atoms with E-state index in [9.17, 15) is 4.79 Å². The van der Waals surface area contributed by atoms with Crippen molar-refractivity contribution in [3.63, 3.8) is 0 Å². The standard InChI is InChI=1S/C34H26N2O/c37-31-21-26(23-10-5-2-6-11-23)20-28-32-27-12-7-19-35-29(27)17-18-30(32)36-34(33(28)31)25-15-13-24(14-16-25)22-8-3-1-4-9-22/h1-19,26,34,36H,20-21H2/t26-,34-/m0/s1. The van der Waals surface area contributed by atoms with Gasteiger partial charge in [0.1, 0.15) is 0 Å². The van der Waals surface area contributed by atoms with E-state index < -0.39 is 0 Å². The number of nitrogens with zero attached hydrogens (tertiary/aromatic N) is 1. The Labute approximate surface area is 216 Å². The molecule has 5 aromatic rings. The number of carbonyl (C=O) groups excluding carboxylic acids is 1. The number of ketones is 1. The van der Waals surface area contributed by atoms with Crippen LogP contribution in [0.2, 0.25) is 0 Å². The van der Waals surface area contributed by atoms with Gasteiger partial charge in [-0.3, -0.25) is 9.78 Å². The Kier molecular flexibility index (Phi) is 5.21. The maximum absolute atomic E-state index is 13.9. The van der Waals surface area contributed by atoms with Gasteiger partial charge in [-0.25, -0.2) is 0 Å². The minimum absolute atomic E-state index is 0.173. The fourth-order valence-electron chi connectivity index (χ4n) is 6.04. The van der Waals surface area contributed by atoms with Crippen LogP contribution in [-0.4, -0.2) is 10.8 Å². The summed E-state index contributed by atoms with van der Waals surface area (Å²) in [4.78, 5) is 18.5. The number of pyridine rings is 1. The molecule has 1 aliphatic heterocycles. The summed E-state index contributed by atoms with van der Waals surface area (Å²) in [6.45, 7) is 0. The highest BCUT2D eigenvalue weighted by Crippen LogP contribution is 2.50. The number of allylic oxidation sites excluding steroid dienone is 1. The topological polar surface area (TPSA) is 42.0 Å². The molecule has 0 saturated heterocycles. The SMILES string of the molecule is O=C1C[C@@H](c2ccccc2)CC2=C1[C@H](c1ccc(-c3ccccc3)cc1)Nc1ccc3ncccc3c12. The minimum Gasteiger partial charge on any atom is -0.373 e. The monoisotopic (exact) mass is 478 g/mol. The number of rotatable bonds is 3. The highest BCUT2D eigenvalue weighted by molar-refractivity contribution is 6.12. The number of benzene rings is 4. The lowest BCUT2D eigenvalue weighted by Gasteiger charge is -2.37. The molecule has 37 heavy (non-hydrogen) atoms. The van der Waals surface area contributed by atoms with E-state index >= 15 is 0 Å². The summed E-state index contributed by atoms with van der Waals surface area (Å²) in [6, 6.07) is 37.6. The first-order valence-electron chi connectivity index (χ1n) is 12.9. The number of carbonyl (C=O) groups is 1. The highest BCUT2D eigenvalue weighted by atomic mass is 16.1. The van der Waals surface area contributed by atoms with Gasteiger partial charge in [0.15, 0.2) is 5.78 Å². The molecule has 0 spiro atoms. The summed E-state index contributed by atoms with van der Waals surface area (Å²) in [5.74, 6) is 0.401. The van der Waals surface area contributed by atoms with E-state index in [4.69, 9.17) is 0 Å². The predicted molar refractivity (Wildman–Crippen MR) is 150 cm³/mol. The second kappa shape index (κ2) is 8.86. The van der Waals surface area contributed by atoms with Crippen molar-refractivity contribution in [2.75, 3.05) is 5.32 Å². The summed E-state index contributed by atoms with van der Waals surface area (Å²) in [5.41, 5.74) is 9.91. The molecule has 0 radical (unpaired) electrons. The molecule has 1 N–H and O–H groups in total. The van der Waals surface area contributed by atoms with Crippen LogP contribution in [-0.2, 0) is 4.79 Å². The van der Waals surface area contributed by atoms with E-state index in [-0.39, 0.29) is 17.7 Å². The summed E-state index contributed by atoms with van der Waals surface area (Å²) in [5, 5.41) is 4.84. The largest absolute Gasteiger partial charge is 0.373 e. The normalized spacial score (nSPS) is 18.8. The maximum atomic E-state index is 13.9. The van der Waals surface area contributed by atoms with Crippen LogP contribution in [0.3, 0.4) is 0 Å². The Morgan fingerprint density at radius 3 is 2.19 bits per heavy atom. The first kappa shape index (κ1) is 21.8. The van der Waals surface area contributed by atoms with Gasteiger partial charge in [0.2, 0.25) is 0 Å². The predicted octanol–water partition coefficient (Wildman–Crippen LogP) is 7.97. The van der Waals surface area contributed by atoms with Crippen molar-refractivity contribution in [3.05, 3.63) is 138 Å². The smallest absolute Gasteiger partial charge is 0.162 e. The van der Waals surface area contributed by atoms with E-state index in [2.05, 4.69) is 101 Å². The van der Waals surface area contributed by atoms with Crippen molar-refractivity contribution in [3.8, 4) is 11.1 Å². The van der Waals surface area contributed by atoms with Gasteiger partial charge < -0.3 is 5.32 Å². The summed E-state index contributed by atoms with van der Waals surface area (Å²) < 4.78 is 0. The minimum atomic E-state index is -0.175. The zero-order valence-electron chi connectivity index (χ0n) is 20.4. The molecule has 3 nitrogen and oxygen atoms in total. The highest BCUT2D eigenvalue weighted by Gasteiger charge is 2.38. The van der Waals surface area contributed by atoms with E-state index in [1.807, 2.05) is 24.4 Å². The van der Waals surface area contributed by atoms with Crippen LogP contribution in [0, 0.1) is 0 Å². The molecular weight excluding hydrogens is 452 g/mol. The molecule has 7 rings (SSSR count). The van der Waals surface area contributed by atoms with Crippen LogP contribution in [0.5, 0.6) is 0 Å². The molecule has 2 aliphatic rings. The first-order chi connectivity index (χ1) is 18.3. The van der Waals surface area contributed by atoms with Crippen molar-refractivity contribution in [2.45, 2.75) is 24.8 Å². The van der Waals surface area contributed by atoms with Crippen molar-refractivity contribution >= 4 is 27.9 Å². The first-order valence-corrected chi connectivity index (χ1v) is 12.9. The molecule has 0 fully saturated rings. The lowest BCUT2D eigenvalue weighted by atomic mass is 9.71. The average molecular weight is 479 g/mol. The lowest BCUT2D eigenvalue weighted by molar-refractivity contribution is -0.116. The summed E-state index contributed by atoms with van der Waals surface area (Å²) in [7, 11) is 0. The van der Waals surface area contributed by atoms with Gasteiger partial charge in [-0.05, 0) is 58.4 Å². The molecule has 1 aromatic heterocycles.